The van der Waals surface area contributed by atoms with Gasteiger partial charge in [0.15, 0.2) is 0 Å². The molecule has 0 fully saturated rings. The summed E-state index contributed by atoms with van der Waals surface area (Å²) in [4.78, 5) is 17.1. The molecule has 0 atom stereocenters. The normalized spacial score (nSPS) is 11.0. The van der Waals surface area contributed by atoms with E-state index in [0.717, 1.165) is 22.0 Å². The van der Waals surface area contributed by atoms with E-state index in [-0.39, 0.29) is 5.69 Å². The minimum Gasteiger partial charge on any atom is -0.318 e. The van der Waals surface area contributed by atoms with Crippen LogP contribution in [0.1, 0.15) is 16.2 Å². The third kappa shape index (κ3) is 4.21. The molecule has 1 amide bonds. The summed E-state index contributed by atoms with van der Waals surface area (Å²) in [5.74, 6) is -0.991. The molecule has 0 unspecified atom stereocenters. The summed E-state index contributed by atoms with van der Waals surface area (Å²) < 4.78 is 16.3. The fourth-order valence-electron chi connectivity index (χ4n) is 3.71. The van der Waals surface area contributed by atoms with E-state index in [1.165, 1.54) is 6.07 Å². The number of aryl methyl sites for hydroxylation is 1. The Morgan fingerprint density at radius 2 is 1.79 bits per heavy atom. The van der Waals surface area contributed by atoms with Crippen LogP contribution in [0.15, 0.2) is 85.2 Å². The third-order valence-corrected chi connectivity index (χ3v) is 5.54. The van der Waals surface area contributed by atoms with E-state index >= 15 is 0 Å². The van der Waals surface area contributed by atoms with Crippen LogP contribution in [0.4, 0.5) is 10.1 Å². The van der Waals surface area contributed by atoms with Crippen LogP contribution in [0.2, 0.25) is 5.02 Å². The molecule has 0 aliphatic heterocycles. The highest BCUT2D eigenvalue weighted by atomic mass is 35.5. The first-order chi connectivity index (χ1) is 16.0. The lowest BCUT2D eigenvalue weighted by molar-refractivity contribution is 0.101. The number of anilines is 1. The molecule has 0 saturated carbocycles. The average Bonchev–Trinajstić information content (AvgIpc) is 3.22. The molecule has 2 aromatic heterocycles. The number of rotatable bonds is 4. The zero-order valence-corrected chi connectivity index (χ0v) is 18.3. The Balaban J connectivity index is 1.45. The maximum absolute atomic E-state index is 14.8. The van der Waals surface area contributed by atoms with Gasteiger partial charge < -0.3 is 5.32 Å². The second-order valence-corrected chi connectivity index (χ2v) is 8.09. The molecule has 0 radical (unpaired) electrons. The van der Waals surface area contributed by atoms with Gasteiger partial charge in [-0.15, -0.1) is 0 Å². The maximum atomic E-state index is 14.8. The van der Waals surface area contributed by atoms with Gasteiger partial charge in [-0.1, -0.05) is 35.9 Å². The van der Waals surface area contributed by atoms with E-state index in [1.807, 2.05) is 42.5 Å². The van der Waals surface area contributed by atoms with Crippen molar-refractivity contribution >= 4 is 34.0 Å². The van der Waals surface area contributed by atoms with Crippen LogP contribution in [-0.2, 0) is 0 Å². The fourth-order valence-corrected chi connectivity index (χ4v) is 3.89. The Morgan fingerprint density at radius 3 is 2.58 bits per heavy atom. The van der Waals surface area contributed by atoms with Crippen LogP contribution in [0.3, 0.4) is 0 Å². The molecule has 0 saturated heterocycles. The summed E-state index contributed by atoms with van der Waals surface area (Å²) in [6.45, 7) is 1.80. The Morgan fingerprint density at radius 1 is 0.970 bits per heavy atom. The van der Waals surface area contributed by atoms with Gasteiger partial charge >= 0.3 is 0 Å². The number of carbonyl (C=O) groups is 1. The molecule has 2 heterocycles. The first-order valence-electron chi connectivity index (χ1n) is 10.3. The molecule has 1 N–H and O–H groups in total. The first-order valence-corrected chi connectivity index (χ1v) is 10.6. The Labute approximate surface area is 194 Å². The summed E-state index contributed by atoms with van der Waals surface area (Å²) in [5, 5.41) is 9.74. The van der Waals surface area contributed by atoms with Gasteiger partial charge in [0.05, 0.1) is 17.1 Å². The summed E-state index contributed by atoms with van der Waals surface area (Å²) >= 11 is 6.08. The predicted octanol–water partition coefficient (Wildman–Crippen LogP) is 6.44. The van der Waals surface area contributed by atoms with E-state index in [4.69, 9.17) is 11.6 Å². The lowest BCUT2D eigenvalue weighted by Gasteiger charge is -2.11. The van der Waals surface area contributed by atoms with E-state index in [9.17, 15) is 9.18 Å². The number of hydrogen-bond donors (Lipinski definition) is 1. The summed E-state index contributed by atoms with van der Waals surface area (Å²) in [6, 6.07) is 21.3. The number of nitrogens with zero attached hydrogens (tertiary/aromatic N) is 3. The van der Waals surface area contributed by atoms with Crippen molar-refractivity contribution in [2.45, 2.75) is 6.92 Å². The highest BCUT2D eigenvalue weighted by Crippen LogP contribution is 2.26. The monoisotopic (exact) mass is 456 g/mol. The van der Waals surface area contributed by atoms with Gasteiger partial charge in [-0.05, 0) is 71.8 Å². The Kier molecular flexibility index (Phi) is 5.36. The van der Waals surface area contributed by atoms with Gasteiger partial charge in [0.1, 0.15) is 11.5 Å². The van der Waals surface area contributed by atoms with Gasteiger partial charge in [0.2, 0.25) is 0 Å². The van der Waals surface area contributed by atoms with Crippen LogP contribution in [0, 0.1) is 12.7 Å². The third-order valence-electron chi connectivity index (χ3n) is 5.31. The second-order valence-electron chi connectivity index (χ2n) is 7.65. The quantitative estimate of drug-likeness (QED) is 0.338. The number of halogens is 2. The summed E-state index contributed by atoms with van der Waals surface area (Å²) in [6.07, 6.45) is 3.32. The molecule has 0 aliphatic rings. The van der Waals surface area contributed by atoms with Crippen LogP contribution in [0.25, 0.3) is 27.6 Å². The summed E-state index contributed by atoms with van der Waals surface area (Å²) in [5.41, 5.74) is 3.25. The van der Waals surface area contributed by atoms with Crippen LogP contribution in [0.5, 0.6) is 0 Å². The smallest absolute Gasteiger partial charge is 0.274 e. The van der Waals surface area contributed by atoms with E-state index < -0.39 is 11.7 Å². The van der Waals surface area contributed by atoms with E-state index in [2.05, 4.69) is 15.4 Å². The largest absolute Gasteiger partial charge is 0.318 e. The highest BCUT2D eigenvalue weighted by Gasteiger charge is 2.18. The lowest BCUT2D eigenvalue weighted by Crippen LogP contribution is -2.17. The van der Waals surface area contributed by atoms with E-state index in [0.29, 0.717) is 22.0 Å². The summed E-state index contributed by atoms with van der Waals surface area (Å²) in [7, 11) is 0. The van der Waals surface area contributed by atoms with Crippen LogP contribution in [-0.4, -0.2) is 20.7 Å². The molecule has 5 nitrogen and oxygen atoms in total. The molecule has 0 spiro atoms. The van der Waals surface area contributed by atoms with Crippen molar-refractivity contribution in [3.05, 3.63) is 107 Å². The fraction of sp³-hybridized carbons (Fsp3) is 0.0385. The molecule has 7 heteroatoms. The van der Waals surface area contributed by atoms with Crippen molar-refractivity contribution < 1.29 is 9.18 Å². The Bertz CT molecular complexity index is 1500. The number of amides is 1. The molecule has 0 aliphatic carbocycles. The van der Waals surface area contributed by atoms with Gasteiger partial charge in [0, 0.05) is 23.0 Å². The Hall–Kier alpha value is -4.03. The van der Waals surface area contributed by atoms with Crippen molar-refractivity contribution in [1.82, 2.24) is 14.8 Å². The average molecular weight is 457 g/mol. The second kappa shape index (κ2) is 8.48. The zero-order chi connectivity index (χ0) is 22.9. The molecular formula is C26H18ClFN4O. The topological polar surface area (TPSA) is 59.8 Å². The number of fused-ring (bicyclic) bond motifs is 1. The molecule has 5 rings (SSSR count). The molecule has 162 valence electrons. The van der Waals surface area contributed by atoms with Crippen molar-refractivity contribution in [2.24, 2.45) is 0 Å². The van der Waals surface area contributed by atoms with Crippen molar-refractivity contribution in [3.63, 3.8) is 0 Å². The van der Waals surface area contributed by atoms with Gasteiger partial charge in [-0.25, -0.2) is 9.07 Å². The molecule has 33 heavy (non-hydrogen) atoms. The maximum Gasteiger partial charge on any atom is 0.274 e. The van der Waals surface area contributed by atoms with Crippen molar-refractivity contribution in [1.29, 1.82) is 0 Å². The van der Waals surface area contributed by atoms with Gasteiger partial charge in [0.25, 0.3) is 5.91 Å². The van der Waals surface area contributed by atoms with E-state index in [1.54, 1.807) is 48.3 Å². The van der Waals surface area contributed by atoms with Gasteiger partial charge in [-0.3, -0.25) is 9.78 Å². The lowest BCUT2D eigenvalue weighted by atomic mass is 10.1. The highest BCUT2D eigenvalue weighted by molar-refractivity contribution is 6.31. The minimum atomic E-state index is -0.532. The number of pyridine rings is 1. The molecule has 0 bridgehead atoms. The standard InChI is InChI=1S/C26H18ClFN4O/c1-16-11-25(32(31-16)22-8-5-17-12-21(27)7-4-18(17)13-22)26(33)30-24-9-6-19(14-23(24)28)20-3-2-10-29-15-20/h2-15H,1H3,(H,30,33). The van der Waals surface area contributed by atoms with Gasteiger partial charge in [-0.2, -0.15) is 5.10 Å². The molecular weight excluding hydrogens is 439 g/mol. The molecule has 5 aromatic rings. The van der Waals surface area contributed by atoms with Crippen molar-refractivity contribution in [3.8, 4) is 16.8 Å². The number of benzene rings is 3. The van der Waals surface area contributed by atoms with Crippen LogP contribution >= 0.6 is 11.6 Å². The minimum absolute atomic E-state index is 0.0891. The van der Waals surface area contributed by atoms with Crippen molar-refractivity contribution in [2.75, 3.05) is 5.32 Å². The number of nitrogens with one attached hydrogen (secondary N) is 1. The SMILES string of the molecule is Cc1cc(C(=O)Nc2ccc(-c3cccnc3)cc2F)n(-c2ccc3cc(Cl)ccc3c2)n1. The zero-order valence-electron chi connectivity index (χ0n) is 17.6. The first kappa shape index (κ1) is 20.8. The molecule has 3 aromatic carbocycles. The number of aromatic nitrogens is 3. The predicted molar refractivity (Wildman–Crippen MR) is 128 cm³/mol. The van der Waals surface area contributed by atoms with Crippen LogP contribution < -0.4 is 5.32 Å². The number of hydrogen-bond acceptors (Lipinski definition) is 3. The number of carbonyl (C=O) groups excluding carboxylic acids is 1.